The minimum absolute atomic E-state index is 0.0390. The molecule has 3 aliphatic heterocycles. The van der Waals surface area contributed by atoms with Crippen LogP contribution in [0, 0.1) is 0 Å². The van der Waals surface area contributed by atoms with Crippen molar-refractivity contribution >= 4 is 72.8 Å². The first-order valence-corrected chi connectivity index (χ1v) is 13.3. The van der Waals surface area contributed by atoms with E-state index in [2.05, 4.69) is 0 Å². The van der Waals surface area contributed by atoms with E-state index in [0.29, 0.717) is 33.4 Å². The molecule has 2 saturated heterocycles. The number of halogens is 1. The molecular formula is C22H17ClN2O4S3. The van der Waals surface area contributed by atoms with Crippen LogP contribution in [0.1, 0.15) is 17.5 Å². The third-order valence-electron chi connectivity index (χ3n) is 5.78. The second-order valence-corrected chi connectivity index (χ2v) is 12.1. The highest BCUT2D eigenvalue weighted by Crippen LogP contribution is 2.46. The highest BCUT2D eigenvalue weighted by molar-refractivity contribution is 8.26. The molecule has 3 aliphatic rings. The van der Waals surface area contributed by atoms with Gasteiger partial charge in [-0.2, -0.15) is 0 Å². The average Bonchev–Trinajstić information content (AvgIpc) is 3.35. The Morgan fingerprint density at radius 3 is 2.47 bits per heavy atom. The van der Waals surface area contributed by atoms with Crippen molar-refractivity contribution in [2.75, 3.05) is 16.4 Å². The van der Waals surface area contributed by atoms with Crippen molar-refractivity contribution in [1.29, 1.82) is 0 Å². The monoisotopic (exact) mass is 504 g/mol. The van der Waals surface area contributed by atoms with E-state index in [4.69, 9.17) is 23.8 Å². The minimum Gasteiger partial charge on any atom is -0.303 e. The number of amides is 2. The average molecular weight is 505 g/mol. The predicted octanol–water partition coefficient (Wildman–Crippen LogP) is 3.65. The van der Waals surface area contributed by atoms with Crippen LogP contribution in [0.5, 0.6) is 0 Å². The smallest absolute Gasteiger partial charge is 0.267 e. The molecule has 0 aromatic heterocycles. The fourth-order valence-electron chi connectivity index (χ4n) is 4.25. The van der Waals surface area contributed by atoms with Gasteiger partial charge >= 0.3 is 0 Å². The van der Waals surface area contributed by atoms with Crippen molar-refractivity contribution in [3.63, 3.8) is 0 Å². The zero-order valence-electron chi connectivity index (χ0n) is 16.7. The van der Waals surface area contributed by atoms with Crippen LogP contribution in [0.4, 0.5) is 5.69 Å². The van der Waals surface area contributed by atoms with Crippen LogP contribution >= 0.6 is 35.6 Å². The molecule has 1 atom stereocenters. The third-order valence-corrected chi connectivity index (χ3v) is 9.18. The Bertz CT molecular complexity index is 1300. The highest BCUT2D eigenvalue weighted by Gasteiger charge is 2.46. The first kappa shape index (κ1) is 21.6. The van der Waals surface area contributed by atoms with Crippen molar-refractivity contribution in [2.45, 2.75) is 19.0 Å². The van der Waals surface area contributed by atoms with E-state index in [0.717, 1.165) is 23.0 Å². The Morgan fingerprint density at radius 2 is 1.78 bits per heavy atom. The summed E-state index contributed by atoms with van der Waals surface area (Å²) in [5.41, 5.74) is 2.61. The Morgan fingerprint density at radius 1 is 1.06 bits per heavy atom. The van der Waals surface area contributed by atoms with Gasteiger partial charge in [-0.1, -0.05) is 65.9 Å². The standard InChI is InChI=1S/C22H17ClN2O4S3/c23-14-7-5-13(6-8-14)11-24-17-4-2-1-3-16(17)18(20(24)26)19-21(27)25(22(30)31-19)15-9-10-32(28,29)12-15/h1-8,15H,9-12H2/b19-18-/t15-/m1/s1. The molecule has 0 spiro atoms. The summed E-state index contributed by atoms with van der Waals surface area (Å²) < 4.78 is 24.2. The van der Waals surface area contributed by atoms with E-state index in [1.54, 1.807) is 17.0 Å². The van der Waals surface area contributed by atoms with Crippen LogP contribution < -0.4 is 4.90 Å². The van der Waals surface area contributed by atoms with Crippen molar-refractivity contribution in [1.82, 2.24) is 4.90 Å². The van der Waals surface area contributed by atoms with Crippen molar-refractivity contribution in [3.05, 3.63) is 69.6 Å². The van der Waals surface area contributed by atoms with Gasteiger partial charge < -0.3 is 4.90 Å². The molecule has 0 N–H and O–H groups in total. The fourth-order valence-corrected chi connectivity index (χ4v) is 7.55. The van der Waals surface area contributed by atoms with Crippen LogP contribution in [-0.2, 0) is 26.0 Å². The van der Waals surface area contributed by atoms with E-state index in [-0.39, 0.29) is 22.3 Å². The topological polar surface area (TPSA) is 74.8 Å². The van der Waals surface area contributed by atoms with Crippen LogP contribution in [0.15, 0.2) is 53.4 Å². The molecule has 0 unspecified atom stereocenters. The molecule has 2 amide bonds. The number of thiocarbonyl (C=S) groups is 1. The van der Waals surface area contributed by atoms with Gasteiger partial charge in [0.1, 0.15) is 4.32 Å². The summed E-state index contributed by atoms with van der Waals surface area (Å²) in [5.74, 6) is -0.735. The molecule has 10 heteroatoms. The maximum absolute atomic E-state index is 13.5. The SMILES string of the molecule is O=C1/C(=C2\SC(=S)N([C@@H]3CCS(=O)(=O)C3)C2=O)c2ccccc2N1Cc1ccc(Cl)cc1. The first-order chi connectivity index (χ1) is 15.2. The Balaban J connectivity index is 1.53. The lowest BCUT2D eigenvalue weighted by Gasteiger charge is -2.21. The fraction of sp³-hybridized carbons (Fsp3) is 0.227. The van der Waals surface area contributed by atoms with Gasteiger partial charge in [0, 0.05) is 10.6 Å². The Kier molecular flexibility index (Phi) is 5.40. The van der Waals surface area contributed by atoms with E-state index < -0.39 is 21.8 Å². The Labute approximate surface area is 200 Å². The van der Waals surface area contributed by atoms with Crippen molar-refractivity contribution in [2.24, 2.45) is 0 Å². The van der Waals surface area contributed by atoms with Gasteiger partial charge in [0.05, 0.1) is 40.3 Å². The van der Waals surface area contributed by atoms with Gasteiger partial charge in [-0.15, -0.1) is 0 Å². The molecule has 3 heterocycles. The van der Waals surface area contributed by atoms with Gasteiger partial charge in [0.25, 0.3) is 11.8 Å². The second kappa shape index (κ2) is 7.98. The zero-order chi connectivity index (χ0) is 22.6. The van der Waals surface area contributed by atoms with Crippen LogP contribution in [0.3, 0.4) is 0 Å². The number of anilines is 1. The van der Waals surface area contributed by atoms with E-state index in [1.165, 1.54) is 4.90 Å². The van der Waals surface area contributed by atoms with Crippen LogP contribution in [-0.4, -0.2) is 47.0 Å². The molecule has 2 aromatic rings. The number of fused-ring (bicyclic) bond motifs is 1. The summed E-state index contributed by atoms with van der Waals surface area (Å²) in [6.07, 6.45) is 0.352. The summed E-state index contributed by atoms with van der Waals surface area (Å²) in [7, 11) is -3.19. The first-order valence-electron chi connectivity index (χ1n) is 9.91. The van der Waals surface area contributed by atoms with Crippen molar-refractivity contribution in [3.8, 4) is 0 Å². The second-order valence-electron chi connectivity index (χ2n) is 7.84. The molecule has 0 aliphatic carbocycles. The lowest BCUT2D eigenvalue weighted by atomic mass is 10.1. The lowest BCUT2D eigenvalue weighted by Crippen LogP contribution is -2.39. The maximum atomic E-state index is 13.5. The molecule has 2 fully saturated rings. The maximum Gasteiger partial charge on any atom is 0.267 e. The van der Waals surface area contributed by atoms with Gasteiger partial charge in [-0.3, -0.25) is 14.5 Å². The number of para-hydroxylation sites is 1. The quantitative estimate of drug-likeness (QED) is 0.469. The van der Waals surface area contributed by atoms with E-state index >= 15 is 0 Å². The molecule has 0 bridgehead atoms. The van der Waals surface area contributed by atoms with Gasteiger partial charge in [0.15, 0.2) is 9.84 Å². The molecule has 5 rings (SSSR count). The number of hydrogen-bond acceptors (Lipinski definition) is 6. The summed E-state index contributed by atoms with van der Waals surface area (Å²) in [5, 5.41) is 0.611. The van der Waals surface area contributed by atoms with Gasteiger partial charge in [-0.25, -0.2) is 8.42 Å². The summed E-state index contributed by atoms with van der Waals surface area (Å²) >= 11 is 12.5. The molecule has 0 radical (unpaired) electrons. The minimum atomic E-state index is -3.19. The number of carbonyl (C=O) groups excluding carboxylic acids is 2. The largest absolute Gasteiger partial charge is 0.303 e. The Hall–Kier alpha value is -2.20. The number of carbonyl (C=O) groups is 2. The van der Waals surface area contributed by atoms with E-state index in [1.807, 2.05) is 36.4 Å². The molecule has 2 aromatic carbocycles. The summed E-state index contributed by atoms with van der Waals surface area (Å²) in [6, 6.07) is 14.1. The molecule has 0 saturated carbocycles. The van der Waals surface area contributed by atoms with Gasteiger partial charge in [-0.05, 0) is 30.2 Å². The van der Waals surface area contributed by atoms with Crippen LogP contribution in [0.2, 0.25) is 5.02 Å². The molecular weight excluding hydrogens is 488 g/mol. The number of nitrogens with zero attached hydrogens (tertiary/aromatic N) is 2. The molecule has 164 valence electrons. The number of hydrogen-bond donors (Lipinski definition) is 0. The summed E-state index contributed by atoms with van der Waals surface area (Å²) in [6.45, 7) is 0.331. The van der Waals surface area contributed by atoms with Crippen LogP contribution in [0.25, 0.3) is 5.57 Å². The number of sulfone groups is 1. The number of benzene rings is 2. The van der Waals surface area contributed by atoms with E-state index in [9.17, 15) is 18.0 Å². The van der Waals surface area contributed by atoms with Crippen molar-refractivity contribution < 1.29 is 18.0 Å². The lowest BCUT2D eigenvalue weighted by molar-refractivity contribution is -0.123. The highest BCUT2D eigenvalue weighted by atomic mass is 35.5. The zero-order valence-corrected chi connectivity index (χ0v) is 19.9. The summed E-state index contributed by atoms with van der Waals surface area (Å²) in [4.78, 5) is 30.1. The molecule has 6 nitrogen and oxygen atoms in total. The number of rotatable bonds is 3. The third kappa shape index (κ3) is 3.67. The van der Waals surface area contributed by atoms with Gasteiger partial charge in [0.2, 0.25) is 0 Å². The number of thioether (sulfide) groups is 1. The normalized spacial score (nSPS) is 24.5. The molecule has 32 heavy (non-hydrogen) atoms. The predicted molar refractivity (Wildman–Crippen MR) is 130 cm³/mol.